The summed E-state index contributed by atoms with van der Waals surface area (Å²) in [5, 5.41) is 13.5. The van der Waals surface area contributed by atoms with Crippen LogP contribution in [-0.2, 0) is 0 Å². The van der Waals surface area contributed by atoms with E-state index < -0.39 is 0 Å². The molecule has 0 aromatic heterocycles. The number of aromatic hydroxyl groups is 1. The van der Waals surface area contributed by atoms with Gasteiger partial charge in [-0.05, 0) is 56.8 Å². The number of phenolic OH excluding ortho intramolecular Hbond substituents is 1. The zero-order valence-electron chi connectivity index (χ0n) is 13.0. The predicted molar refractivity (Wildman–Crippen MR) is 84.3 cm³/mol. The number of nitrogens with one attached hydrogen (secondary N) is 1. The second-order valence-electron chi connectivity index (χ2n) is 6.20. The van der Waals surface area contributed by atoms with Crippen molar-refractivity contribution < 1.29 is 14.6 Å². The number of phenols is 1. The molecule has 0 radical (unpaired) electrons. The van der Waals surface area contributed by atoms with E-state index in [0.717, 1.165) is 38.9 Å². The van der Waals surface area contributed by atoms with E-state index in [1.807, 2.05) is 4.90 Å². The number of methoxy groups -OCH3 is 1. The zero-order valence-corrected chi connectivity index (χ0v) is 13.0. The van der Waals surface area contributed by atoms with Gasteiger partial charge in [-0.2, -0.15) is 0 Å². The van der Waals surface area contributed by atoms with Gasteiger partial charge < -0.3 is 20.1 Å². The van der Waals surface area contributed by atoms with Gasteiger partial charge in [-0.25, -0.2) is 0 Å². The zero-order chi connectivity index (χ0) is 15.5. The number of benzene rings is 1. The fraction of sp³-hybridized carbons (Fsp3) is 0.588. The minimum atomic E-state index is -0.0586. The Kier molecular flexibility index (Phi) is 4.52. The summed E-state index contributed by atoms with van der Waals surface area (Å²) >= 11 is 0. The average Bonchev–Trinajstić information content (AvgIpc) is 3.08. The molecule has 2 aliphatic rings. The van der Waals surface area contributed by atoms with E-state index in [0.29, 0.717) is 17.2 Å². The van der Waals surface area contributed by atoms with Crippen LogP contribution >= 0.6 is 0 Å². The topological polar surface area (TPSA) is 61.8 Å². The Hall–Kier alpha value is -1.75. The molecule has 5 heteroatoms. The average molecular weight is 304 g/mol. The van der Waals surface area contributed by atoms with Gasteiger partial charge in [-0.15, -0.1) is 0 Å². The third-order valence-corrected chi connectivity index (χ3v) is 4.89. The SMILES string of the molecule is COc1ccc(C(=O)N2CCCCC2C2CCNC2)c(O)c1. The Bertz CT molecular complexity index is 541. The first-order valence-corrected chi connectivity index (χ1v) is 8.09. The van der Waals surface area contributed by atoms with Gasteiger partial charge in [0.05, 0.1) is 12.7 Å². The molecule has 1 aromatic rings. The van der Waals surface area contributed by atoms with Crippen molar-refractivity contribution in [3.63, 3.8) is 0 Å². The van der Waals surface area contributed by atoms with E-state index in [1.165, 1.54) is 12.5 Å². The van der Waals surface area contributed by atoms with Crippen molar-refractivity contribution in [3.8, 4) is 11.5 Å². The molecular weight excluding hydrogens is 280 g/mol. The Morgan fingerprint density at radius 2 is 2.23 bits per heavy atom. The van der Waals surface area contributed by atoms with Crippen molar-refractivity contribution in [1.29, 1.82) is 0 Å². The quantitative estimate of drug-likeness (QED) is 0.896. The van der Waals surface area contributed by atoms with Crippen molar-refractivity contribution in [2.75, 3.05) is 26.7 Å². The van der Waals surface area contributed by atoms with E-state index in [1.54, 1.807) is 19.2 Å². The predicted octanol–water partition coefficient (Wildman–Crippen LogP) is 2.00. The molecule has 0 spiro atoms. The summed E-state index contributed by atoms with van der Waals surface area (Å²) in [4.78, 5) is 14.9. The van der Waals surface area contributed by atoms with Gasteiger partial charge in [0.1, 0.15) is 11.5 Å². The van der Waals surface area contributed by atoms with Crippen LogP contribution in [0.25, 0.3) is 0 Å². The van der Waals surface area contributed by atoms with Crippen LogP contribution in [0.4, 0.5) is 0 Å². The lowest BCUT2D eigenvalue weighted by Gasteiger charge is -2.39. The molecule has 2 aliphatic heterocycles. The summed E-state index contributed by atoms with van der Waals surface area (Å²) in [6.45, 7) is 2.81. The van der Waals surface area contributed by atoms with Gasteiger partial charge in [0, 0.05) is 18.7 Å². The highest BCUT2D eigenvalue weighted by atomic mass is 16.5. The molecule has 0 aliphatic carbocycles. The first-order valence-electron chi connectivity index (χ1n) is 8.09. The Morgan fingerprint density at radius 3 is 2.91 bits per heavy atom. The largest absolute Gasteiger partial charge is 0.507 e. The maximum Gasteiger partial charge on any atom is 0.257 e. The molecule has 5 nitrogen and oxygen atoms in total. The number of rotatable bonds is 3. The molecule has 3 rings (SSSR count). The van der Waals surface area contributed by atoms with Gasteiger partial charge in [0.25, 0.3) is 5.91 Å². The number of ether oxygens (including phenoxy) is 1. The van der Waals surface area contributed by atoms with Crippen LogP contribution in [0.3, 0.4) is 0 Å². The normalized spacial score (nSPS) is 25.2. The van der Waals surface area contributed by atoms with Gasteiger partial charge in [-0.1, -0.05) is 0 Å². The molecule has 2 saturated heterocycles. The molecule has 0 bridgehead atoms. The molecule has 2 unspecified atom stereocenters. The number of likely N-dealkylation sites (tertiary alicyclic amines) is 1. The molecule has 1 amide bonds. The lowest BCUT2D eigenvalue weighted by Crippen LogP contribution is -2.48. The van der Waals surface area contributed by atoms with Crippen LogP contribution in [0.2, 0.25) is 0 Å². The minimum Gasteiger partial charge on any atom is -0.507 e. The standard InChI is InChI=1S/C17H24N2O3/c1-22-13-5-6-14(16(20)10-13)17(21)19-9-3-2-4-15(19)12-7-8-18-11-12/h5-6,10,12,15,18,20H,2-4,7-9,11H2,1H3. The van der Waals surface area contributed by atoms with Crippen LogP contribution in [0.5, 0.6) is 11.5 Å². The third kappa shape index (κ3) is 2.90. The van der Waals surface area contributed by atoms with E-state index in [9.17, 15) is 9.90 Å². The van der Waals surface area contributed by atoms with Gasteiger partial charge in [0.15, 0.2) is 0 Å². The number of piperidine rings is 1. The number of carbonyl (C=O) groups is 1. The second-order valence-corrected chi connectivity index (χ2v) is 6.20. The summed E-state index contributed by atoms with van der Waals surface area (Å²) in [5.74, 6) is 1.03. The van der Waals surface area contributed by atoms with Crippen LogP contribution < -0.4 is 10.1 Å². The maximum atomic E-state index is 12.9. The summed E-state index contributed by atoms with van der Waals surface area (Å²) in [6.07, 6.45) is 4.41. The Labute approximate surface area is 131 Å². The molecule has 120 valence electrons. The molecule has 2 N–H and O–H groups in total. The van der Waals surface area contributed by atoms with E-state index in [-0.39, 0.29) is 17.7 Å². The van der Waals surface area contributed by atoms with Crippen LogP contribution in [0.1, 0.15) is 36.0 Å². The number of hydrogen-bond acceptors (Lipinski definition) is 4. The molecule has 0 saturated carbocycles. The fourth-order valence-corrected chi connectivity index (χ4v) is 3.68. The van der Waals surface area contributed by atoms with Crippen molar-refractivity contribution in [2.45, 2.75) is 31.7 Å². The first kappa shape index (κ1) is 15.2. The molecular formula is C17H24N2O3. The smallest absolute Gasteiger partial charge is 0.257 e. The third-order valence-electron chi connectivity index (χ3n) is 4.89. The van der Waals surface area contributed by atoms with Crippen LogP contribution in [-0.4, -0.2) is 48.7 Å². The van der Waals surface area contributed by atoms with E-state index >= 15 is 0 Å². The van der Waals surface area contributed by atoms with Gasteiger partial charge in [0.2, 0.25) is 0 Å². The second kappa shape index (κ2) is 6.57. The number of nitrogens with zero attached hydrogens (tertiary/aromatic N) is 1. The van der Waals surface area contributed by atoms with Gasteiger partial charge in [-0.3, -0.25) is 4.79 Å². The van der Waals surface area contributed by atoms with Crippen LogP contribution in [0.15, 0.2) is 18.2 Å². The first-order chi connectivity index (χ1) is 10.7. The Morgan fingerprint density at radius 1 is 1.36 bits per heavy atom. The molecule has 1 aromatic carbocycles. The molecule has 2 atom stereocenters. The number of hydrogen-bond donors (Lipinski definition) is 2. The lowest BCUT2D eigenvalue weighted by molar-refractivity contribution is 0.0527. The van der Waals surface area contributed by atoms with E-state index in [2.05, 4.69) is 5.32 Å². The molecule has 22 heavy (non-hydrogen) atoms. The summed E-state index contributed by atoms with van der Waals surface area (Å²) < 4.78 is 5.08. The minimum absolute atomic E-state index is 0.00165. The van der Waals surface area contributed by atoms with Crippen LogP contribution in [0, 0.1) is 5.92 Å². The van der Waals surface area contributed by atoms with Gasteiger partial charge >= 0.3 is 0 Å². The molecule has 2 fully saturated rings. The van der Waals surface area contributed by atoms with E-state index in [4.69, 9.17) is 4.74 Å². The summed E-state index contributed by atoms with van der Waals surface area (Å²) in [6, 6.07) is 5.18. The summed E-state index contributed by atoms with van der Waals surface area (Å²) in [5.41, 5.74) is 0.374. The highest BCUT2D eigenvalue weighted by Crippen LogP contribution is 2.31. The highest BCUT2D eigenvalue weighted by Gasteiger charge is 2.35. The molecule has 2 heterocycles. The number of carbonyl (C=O) groups excluding carboxylic acids is 1. The maximum absolute atomic E-state index is 12.9. The van der Waals surface area contributed by atoms with Crippen molar-refractivity contribution in [2.24, 2.45) is 5.92 Å². The Balaban J connectivity index is 1.82. The highest BCUT2D eigenvalue weighted by molar-refractivity contribution is 5.97. The lowest BCUT2D eigenvalue weighted by atomic mass is 9.89. The fourth-order valence-electron chi connectivity index (χ4n) is 3.68. The number of amides is 1. The van der Waals surface area contributed by atoms with Crippen molar-refractivity contribution in [1.82, 2.24) is 10.2 Å². The monoisotopic (exact) mass is 304 g/mol. The van der Waals surface area contributed by atoms with Crippen molar-refractivity contribution in [3.05, 3.63) is 23.8 Å². The van der Waals surface area contributed by atoms with Crippen molar-refractivity contribution >= 4 is 5.91 Å². The summed E-state index contributed by atoms with van der Waals surface area (Å²) in [7, 11) is 1.55.